The summed E-state index contributed by atoms with van der Waals surface area (Å²) in [5, 5.41) is 2.62. The number of carbonyl (C=O) groups excluding carboxylic acids is 2. The number of carbonyl (C=O) groups is 2. The van der Waals surface area contributed by atoms with Crippen molar-refractivity contribution in [1.29, 1.82) is 0 Å². The zero-order valence-corrected chi connectivity index (χ0v) is 10.4. The number of pyridine rings is 1. The molecule has 2 atom stereocenters. The minimum atomic E-state index is -0.742. The number of nitrogens with one attached hydrogen (secondary N) is 1. The van der Waals surface area contributed by atoms with Gasteiger partial charge < -0.3 is 10.1 Å². The number of hydrogen-bond donors (Lipinski definition) is 1. The monoisotopic (exact) mass is 248 g/mol. The van der Waals surface area contributed by atoms with E-state index in [9.17, 15) is 9.59 Å². The lowest BCUT2D eigenvalue weighted by Gasteiger charge is -2.20. The first-order valence-electron chi connectivity index (χ1n) is 5.51. The molecule has 5 heteroatoms. The summed E-state index contributed by atoms with van der Waals surface area (Å²) in [6, 6.07) is 2.40. The van der Waals surface area contributed by atoms with Crippen molar-refractivity contribution in [2.75, 3.05) is 7.11 Å². The number of amides is 1. The predicted octanol–water partition coefficient (Wildman–Crippen LogP) is 1.18. The van der Waals surface area contributed by atoms with E-state index >= 15 is 0 Å². The highest BCUT2D eigenvalue weighted by molar-refractivity contribution is 5.96. The van der Waals surface area contributed by atoms with Gasteiger partial charge >= 0.3 is 5.97 Å². The average Bonchev–Trinajstić information content (AvgIpc) is 2.43. The molecule has 0 saturated heterocycles. The molecule has 1 amide bonds. The third kappa shape index (κ3) is 3.41. The highest BCUT2D eigenvalue weighted by atomic mass is 16.5. The molecule has 0 saturated carbocycles. The standard InChI is InChI=1S/C13H16N2O3/c1-4-9(2)11(13(17)18-3)15-12(16)10-5-7-14-8-6-10/h4-9,11H,1H2,2-3H3,(H,15,16)/t9-,11+/m1/s1. The molecule has 0 aliphatic carbocycles. The lowest BCUT2D eigenvalue weighted by atomic mass is 10.0. The summed E-state index contributed by atoms with van der Waals surface area (Å²) in [5.41, 5.74) is 0.440. The van der Waals surface area contributed by atoms with Crippen molar-refractivity contribution in [3.8, 4) is 0 Å². The molecular formula is C13H16N2O3. The Morgan fingerprint density at radius 2 is 2.06 bits per heavy atom. The van der Waals surface area contributed by atoms with E-state index in [1.165, 1.54) is 19.5 Å². The number of hydrogen-bond acceptors (Lipinski definition) is 4. The normalized spacial score (nSPS) is 13.2. The summed E-state index contributed by atoms with van der Waals surface area (Å²) in [6.07, 6.45) is 4.62. The molecule has 0 aromatic carbocycles. The largest absolute Gasteiger partial charge is 0.467 e. The molecule has 0 radical (unpaired) electrons. The van der Waals surface area contributed by atoms with Gasteiger partial charge in [0.05, 0.1) is 7.11 Å². The van der Waals surface area contributed by atoms with Crippen molar-refractivity contribution in [3.05, 3.63) is 42.7 Å². The topological polar surface area (TPSA) is 68.3 Å². The van der Waals surface area contributed by atoms with Crippen molar-refractivity contribution >= 4 is 11.9 Å². The molecule has 0 unspecified atom stereocenters. The van der Waals surface area contributed by atoms with Crippen LogP contribution in [0.15, 0.2) is 37.2 Å². The summed E-state index contributed by atoms with van der Waals surface area (Å²) in [6.45, 7) is 5.39. The number of esters is 1. The van der Waals surface area contributed by atoms with Gasteiger partial charge in [-0.25, -0.2) is 4.79 Å². The van der Waals surface area contributed by atoms with E-state index in [0.717, 1.165) is 0 Å². The Hall–Kier alpha value is -2.17. The van der Waals surface area contributed by atoms with Gasteiger partial charge in [-0.2, -0.15) is 0 Å². The fourth-order valence-corrected chi connectivity index (χ4v) is 1.40. The molecule has 0 fully saturated rings. The Morgan fingerprint density at radius 1 is 1.44 bits per heavy atom. The lowest BCUT2D eigenvalue weighted by molar-refractivity contribution is -0.143. The van der Waals surface area contributed by atoms with Crippen molar-refractivity contribution in [2.24, 2.45) is 5.92 Å². The molecule has 0 aliphatic rings. The number of methoxy groups -OCH3 is 1. The van der Waals surface area contributed by atoms with Crippen LogP contribution in [0.3, 0.4) is 0 Å². The number of ether oxygens (including phenoxy) is 1. The molecule has 1 rings (SSSR count). The quantitative estimate of drug-likeness (QED) is 0.627. The molecule has 1 aromatic heterocycles. The molecule has 1 aromatic rings. The number of nitrogens with zero attached hydrogens (tertiary/aromatic N) is 1. The van der Waals surface area contributed by atoms with Gasteiger partial charge in [0.25, 0.3) is 5.91 Å². The highest BCUT2D eigenvalue weighted by Crippen LogP contribution is 2.07. The van der Waals surface area contributed by atoms with Crippen LogP contribution in [0, 0.1) is 5.92 Å². The zero-order valence-electron chi connectivity index (χ0n) is 10.4. The molecule has 18 heavy (non-hydrogen) atoms. The van der Waals surface area contributed by atoms with Gasteiger partial charge in [-0.05, 0) is 12.1 Å². The van der Waals surface area contributed by atoms with Crippen LogP contribution in [-0.4, -0.2) is 30.0 Å². The summed E-state index contributed by atoms with van der Waals surface area (Å²) in [7, 11) is 1.28. The maximum absolute atomic E-state index is 11.9. The maximum Gasteiger partial charge on any atom is 0.328 e. The first-order valence-corrected chi connectivity index (χ1v) is 5.51. The van der Waals surface area contributed by atoms with Crippen LogP contribution in [0.1, 0.15) is 17.3 Å². The smallest absolute Gasteiger partial charge is 0.328 e. The van der Waals surface area contributed by atoms with E-state index in [0.29, 0.717) is 5.56 Å². The molecule has 0 bridgehead atoms. The molecule has 1 heterocycles. The third-order valence-corrected chi connectivity index (χ3v) is 2.58. The highest BCUT2D eigenvalue weighted by Gasteiger charge is 2.26. The number of rotatable bonds is 5. The van der Waals surface area contributed by atoms with Crippen molar-refractivity contribution in [2.45, 2.75) is 13.0 Å². The molecule has 5 nitrogen and oxygen atoms in total. The van der Waals surface area contributed by atoms with Crippen molar-refractivity contribution in [1.82, 2.24) is 10.3 Å². The van der Waals surface area contributed by atoms with Crippen LogP contribution >= 0.6 is 0 Å². The zero-order chi connectivity index (χ0) is 13.5. The van der Waals surface area contributed by atoms with Crippen molar-refractivity contribution in [3.63, 3.8) is 0 Å². The van der Waals surface area contributed by atoms with Crippen LogP contribution in [0.2, 0.25) is 0 Å². The second-order valence-electron chi connectivity index (χ2n) is 3.81. The van der Waals surface area contributed by atoms with Gasteiger partial charge in [0.2, 0.25) is 0 Å². The molecule has 96 valence electrons. The van der Waals surface area contributed by atoms with Crippen LogP contribution in [0.5, 0.6) is 0 Å². The van der Waals surface area contributed by atoms with E-state index in [4.69, 9.17) is 0 Å². The summed E-state index contributed by atoms with van der Waals surface area (Å²) in [4.78, 5) is 27.3. The molecule has 1 N–H and O–H groups in total. The van der Waals surface area contributed by atoms with E-state index < -0.39 is 12.0 Å². The lowest BCUT2D eigenvalue weighted by Crippen LogP contribution is -2.45. The molecular weight excluding hydrogens is 232 g/mol. The van der Waals surface area contributed by atoms with E-state index in [1.807, 2.05) is 0 Å². The first-order chi connectivity index (χ1) is 8.60. The third-order valence-electron chi connectivity index (χ3n) is 2.58. The van der Waals surface area contributed by atoms with Gasteiger partial charge in [-0.15, -0.1) is 6.58 Å². The average molecular weight is 248 g/mol. The van der Waals surface area contributed by atoms with Crippen LogP contribution in [0.4, 0.5) is 0 Å². The minimum absolute atomic E-state index is 0.219. The van der Waals surface area contributed by atoms with Crippen LogP contribution in [0.25, 0.3) is 0 Å². The van der Waals surface area contributed by atoms with E-state index in [2.05, 4.69) is 21.6 Å². The number of aromatic nitrogens is 1. The van der Waals surface area contributed by atoms with E-state index in [1.54, 1.807) is 25.1 Å². The molecule has 0 aliphatic heterocycles. The van der Waals surface area contributed by atoms with E-state index in [-0.39, 0.29) is 11.8 Å². The van der Waals surface area contributed by atoms with Gasteiger partial charge in [-0.1, -0.05) is 13.0 Å². The van der Waals surface area contributed by atoms with Gasteiger partial charge in [0.1, 0.15) is 6.04 Å². The fraction of sp³-hybridized carbons (Fsp3) is 0.308. The fourth-order valence-electron chi connectivity index (χ4n) is 1.40. The van der Waals surface area contributed by atoms with Gasteiger partial charge in [0, 0.05) is 23.9 Å². The Bertz CT molecular complexity index is 431. The van der Waals surface area contributed by atoms with Crippen molar-refractivity contribution < 1.29 is 14.3 Å². The van der Waals surface area contributed by atoms with Crippen LogP contribution in [-0.2, 0) is 9.53 Å². The Kier molecular flexibility index (Phi) is 5.05. The van der Waals surface area contributed by atoms with Gasteiger partial charge in [-0.3, -0.25) is 9.78 Å². The SMILES string of the molecule is C=C[C@@H](C)[C@H](NC(=O)c1ccncc1)C(=O)OC. The second-order valence-corrected chi connectivity index (χ2v) is 3.81. The second kappa shape index (κ2) is 6.54. The predicted molar refractivity (Wildman–Crippen MR) is 66.9 cm³/mol. The first kappa shape index (κ1) is 13.9. The summed E-state index contributed by atoms with van der Waals surface area (Å²) in [5.74, 6) is -1.06. The Balaban J connectivity index is 2.81. The Labute approximate surface area is 106 Å². The summed E-state index contributed by atoms with van der Waals surface area (Å²) < 4.78 is 4.66. The Morgan fingerprint density at radius 3 is 2.56 bits per heavy atom. The van der Waals surface area contributed by atoms with Crippen LogP contribution < -0.4 is 5.32 Å². The molecule has 0 spiro atoms. The summed E-state index contributed by atoms with van der Waals surface area (Å²) >= 11 is 0. The minimum Gasteiger partial charge on any atom is -0.467 e. The van der Waals surface area contributed by atoms with Gasteiger partial charge in [0.15, 0.2) is 0 Å². The maximum atomic E-state index is 11.9.